The minimum Gasteiger partial charge on any atom is -0.341 e. The Labute approximate surface area is 202 Å². The maximum absolute atomic E-state index is 13.7. The Hall–Kier alpha value is -3.81. The van der Waals surface area contributed by atoms with Crippen molar-refractivity contribution in [2.45, 2.75) is 45.4 Å². The van der Waals surface area contributed by atoms with Crippen molar-refractivity contribution in [2.75, 3.05) is 18.0 Å². The monoisotopic (exact) mass is 475 g/mol. The first-order valence-corrected chi connectivity index (χ1v) is 11.7. The summed E-state index contributed by atoms with van der Waals surface area (Å²) < 4.78 is 4.32. The van der Waals surface area contributed by atoms with Crippen molar-refractivity contribution >= 4 is 23.2 Å². The molecule has 0 saturated carbocycles. The second-order valence-electron chi connectivity index (χ2n) is 9.07. The third-order valence-electron chi connectivity index (χ3n) is 6.72. The Bertz CT molecular complexity index is 1500. The molecule has 10 heteroatoms. The van der Waals surface area contributed by atoms with Crippen molar-refractivity contribution in [3.63, 3.8) is 0 Å². The molecule has 10 nitrogen and oxygen atoms in total. The van der Waals surface area contributed by atoms with Gasteiger partial charge in [0.1, 0.15) is 0 Å². The van der Waals surface area contributed by atoms with Crippen molar-refractivity contribution in [3.05, 3.63) is 61.9 Å². The van der Waals surface area contributed by atoms with Gasteiger partial charge in [-0.3, -0.25) is 28.8 Å². The van der Waals surface area contributed by atoms with Crippen LogP contribution in [0.3, 0.4) is 0 Å². The number of benzene rings is 1. The molecule has 1 aromatic carbocycles. The zero-order valence-electron chi connectivity index (χ0n) is 19.9. The number of piperidine rings is 1. The van der Waals surface area contributed by atoms with E-state index in [1.165, 1.54) is 4.57 Å². The van der Waals surface area contributed by atoms with E-state index < -0.39 is 11.2 Å². The molecule has 2 aliphatic rings. The molecule has 2 aromatic heterocycles. The van der Waals surface area contributed by atoms with Crippen molar-refractivity contribution in [1.82, 2.24) is 23.7 Å². The standard InChI is InChI=1S/C25H29N7O3/c1-3-4-12-30-21-22(27-24(30)29-11-7-10-19(26)15-29)28(2)25(34)31(23(21)33)16-20-13-17-8-5-6-9-18(17)14-32(20)35/h5-6,8-9,13,19,35H,7,10-12,14-16,26H2,1-2H3. The predicted octanol–water partition coefficient (Wildman–Crippen LogP) is 1.09. The van der Waals surface area contributed by atoms with Gasteiger partial charge in [0, 0.05) is 26.2 Å². The summed E-state index contributed by atoms with van der Waals surface area (Å²) in [6.45, 7) is 3.61. The summed E-state index contributed by atoms with van der Waals surface area (Å²) in [5.41, 5.74) is 8.25. The number of aromatic nitrogens is 4. The summed E-state index contributed by atoms with van der Waals surface area (Å²) in [5.74, 6) is 6.51. The SMILES string of the molecule is CC#CCn1c(N2CCCC(N)C2)nc2c1c(=O)n(CC1=Cc3ccccc3CN1O)c(=O)n2C. The van der Waals surface area contributed by atoms with Gasteiger partial charge in [-0.05, 0) is 37.0 Å². The number of hydroxylamine groups is 2. The predicted molar refractivity (Wildman–Crippen MR) is 134 cm³/mol. The fourth-order valence-electron chi connectivity index (χ4n) is 4.87. The second-order valence-corrected chi connectivity index (χ2v) is 9.07. The molecule has 4 heterocycles. The van der Waals surface area contributed by atoms with E-state index in [0.29, 0.717) is 29.4 Å². The Morgan fingerprint density at radius 2 is 2.03 bits per heavy atom. The smallest absolute Gasteiger partial charge is 0.332 e. The van der Waals surface area contributed by atoms with Crippen LogP contribution in [-0.4, -0.2) is 48.1 Å². The Morgan fingerprint density at radius 3 is 2.80 bits per heavy atom. The Balaban J connectivity index is 1.66. The lowest BCUT2D eigenvalue weighted by molar-refractivity contribution is -0.0685. The molecule has 3 aromatic rings. The van der Waals surface area contributed by atoms with Crippen LogP contribution in [0.1, 0.15) is 30.9 Å². The van der Waals surface area contributed by atoms with Crippen LogP contribution < -0.4 is 21.9 Å². The maximum Gasteiger partial charge on any atom is 0.332 e. The molecule has 0 aliphatic carbocycles. The third-order valence-corrected chi connectivity index (χ3v) is 6.72. The van der Waals surface area contributed by atoms with Crippen LogP contribution >= 0.6 is 0 Å². The zero-order chi connectivity index (χ0) is 24.7. The summed E-state index contributed by atoms with van der Waals surface area (Å²) >= 11 is 0. The van der Waals surface area contributed by atoms with E-state index in [0.717, 1.165) is 40.1 Å². The first-order valence-electron chi connectivity index (χ1n) is 11.7. The lowest BCUT2D eigenvalue weighted by Gasteiger charge is -2.31. The molecule has 2 aliphatic heterocycles. The fourth-order valence-corrected chi connectivity index (χ4v) is 4.87. The van der Waals surface area contributed by atoms with Crippen molar-refractivity contribution in [2.24, 2.45) is 12.8 Å². The van der Waals surface area contributed by atoms with Gasteiger partial charge in [0.25, 0.3) is 5.56 Å². The number of hydrogen-bond acceptors (Lipinski definition) is 7. The highest BCUT2D eigenvalue weighted by atomic mass is 16.5. The van der Waals surface area contributed by atoms with Gasteiger partial charge in [0.15, 0.2) is 11.2 Å². The third kappa shape index (κ3) is 4.03. The largest absolute Gasteiger partial charge is 0.341 e. The van der Waals surface area contributed by atoms with E-state index in [4.69, 9.17) is 10.7 Å². The topological polar surface area (TPSA) is 115 Å². The first-order chi connectivity index (χ1) is 16.9. The highest BCUT2D eigenvalue weighted by Gasteiger charge is 2.27. The maximum atomic E-state index is 13.7. The number of nitrogens with zero attached hydrogens (tertiary/aromatic N) is 6. The van der Waals surface area contributed by atoms with Crippen LogP contribution in [0.15, 0.2) is 39.6 Å². The highest BCUT2D eigenvalue weighted by Crippen LogP contribution is 2.25. The van der Waals surface area contributed by atoms with Gasteiger partial charge in [-0.1, -0.05) is 30.2 Å². The van der Waals surface area contributed by atoms with Crippen LogP contribution in [0.2, 0.25) is 0 Å². The van der Waals surface area contributed by atoms with E-state index in [2.05, 4.69) is 16.7 Å². The van der Waals surface area contributed by atoms with E-state index in [-0.39, 0.29) is 25.7 Å². The summed E-state index contributed by atoms with van der Waals surface area (Å²) in [6.07, 6.45) is 3.66. The van der Waals surface area contributed by atoms with Crippen LogP contribution in [0.4, 0.5) is 5.95 Å². The van der Waals surface area contributed by atoms with E-state index in [1.54, 1.807) is 24.6 Å². The molecule has 1 fully saturated rings. The average molecular weight is 476 g/mol. The highest BCUT2D eigenvalue weighted by molar-refractivity contribution is 5.75. The minimum atomic E-state index is -0.497. The van der Waals surface area contributed by atoms with Crippen molar-refractivity contribution < 1.29 is 5.21 Å². The summed E-state index contributed by atoms with van der Waals surface area (Å²) in [4.78, 5) is 33.8. The molecule has 1 atom stereocenters. The lowest BCUT2D eigenvalue weighted by atomic mass is 10.0. The van der Waals surface area contributed by atoms with Gasteiger partial charge in [-0.25, -0.2) is 4.79 Å². The van der Waals surface area contributed by atoms with Crippen LogP contribution in [0.5, 0.6) is 0 Å². The lowest BCUT2D eigenvalue weighted by Crippen LogP contribution is -2.44. The van der Waals surface area contributed by atoms with Crippen LogP contribution in [0.25, 0.3) is 17.2 Å². The number of rotatable bonds is 4. The van der Waals surface area contributed by atoms with Crippen LogP contribution in [-0.2, 0) is 26.7 Å². The molecule has 0 bridgehead atoms. The second kappa shape index (κ2) is 9.09. The fraction of sp³-hybridized carbons (Fsp3) is 0.400. The number of aryl methyl sites for hydroxylation is 1. The number of nitrogens with two attached hydrogens (primary N) is 1. The van der Waals surface area contributed by atoms with E-state index in [9.17, 15) is 14.8 Å². The number of allylic oxidation sites excluding steroid dienone is 1. The summed E-state index contributed by atoms with van der Waals surface area (Å²) in [7, 11) is 1.61. The number of hydrogen-bond donors (Lipinski definition) is 2. The minimum absolute atomic E-state index is 0.0198. The Kier molecular flexibility index (Phi) is 5.96. The van der Waals surface area contributed by atoms with Crippen molar-refractivity contribution in [3.8, 4) is 11.8 Å². The zero-order valence-corrected chi connectivity index (χ0v) is 19.9. The van der Waals surface area contributed by atoms with Crippen molar-refractivity contribution in [1.29, 1.82) is 0 Å². The molecule has 1 unspecified atom stereocenters. The van der Waals surface area contributed by atoms with Gasteiger partial charge in [0.05, 0.1) is 25.3 Å². The molecule has 1 saturated heterocycles. The van der Waals surface area contributed by atoms with Gasteiger partial charge < -0.3 is 10.6 Å². The van der Waals surface area contributed by atoms with Gasteiger partial charge in [-0.2, -0.15) is 4.98 Å². The molecule has 0 spiro atoms. The molecule has 3 N–H and O–H groups in total. The molecule has 0 amide bonds. The molecule has 5 rings (SSSR count). The van der Waals surface area contributed by atoms with Gasteiger partial charge in [0.2, 0.25) is 5.95 Å². The summed E-state index contributed by atoms with van der Waals surface area (Å²) in [6, 6.07) is 7.72. The Morgan fingerprint density at radius 1 is 1.23 bits per heavy atom. The molecule has 35 heavy (non-hydrogen) atoms. The molecule has 182 valence electrons. The average Bonchev–Trinajstić information content (AvgIpc) is 3.24. The normalized spacial score (nSPS) is 17.7. The molecular weight excluding hydrogens is 446 g/mol. The van der Waals surface area contributed by atoms with E-state index in [1.807, 2.05) is 24.3 Å². The van der Waals surface area contributed by atoms with Gasteiger partial charge >= 0.3 is 5.69 Å². The van der Waals surface area contributed by atoms with E-state index >= 15 is 0 Å². The number of imidazole rings is 1. The van der Waals surface area contributed by atoms with Crippen LogP contribution in [0, 0.1) is 11.8 Å². The first kappa shape index (κ1) is 23.0. The van der Waals surface area contributed by atoms with Gasteiger partial charge in [-0.15, -0.1) is 5.92 Å². The molecular formula is C25H29N7O3. The molecule has 0 radical (unpaired) electrons. The quantitative estimate of drug-likeness (QED) is 0.543. The number of anilines is 1. The summed E-state index contributed by atoms with van der Waals surface area (Å²) in [5, 5.41) is 11.7. The number of fused-ring (bicyclic) bond motifs is 2.